The highest BCUT2D eigenvalue weighted by molar-refractivity contribution is 9.10. The highest BCUT2D eigenvalue weighted by atomic mass is 79.9. The maximum absolute atomic E-state index is 6.32. The van der Waals surface area contributed by atoms with Crippen molar-refractivity contribution in [2.45, 2.75) is 32.2 Å². The summed E-state index contributed by atoms with van der Waals surface area (Å²) in [6, 6.07) is 0. The van der Waals surface area contributed by atoms with Crippen LogP contribution in [-0.4, -0.2) is 26.7 Å². The molecule has 1 fully saturated rings. The van der Waals surface area contributed by atoms with Crippen LogP contribution in [0.15, 0.2) is 4.47 Å². The van der Waals surface area contributed by atoms with Gasteiger partial charge in [-0.1, -0.05) is 0 Å². The summed E-state index contributed by atoms with van der Waals surface area (Å²) in [4.78, 5) is 0. The molecule has 16 heavy (non-hydrogen) atoms. The molecule has 1 saturated heterocycles. The van der Waals surface area contributed by atoms with Crippen molar-refractivity contribution in [3.05, 3.63) is 15.9 Å². The summed E-state index contributed by atoms with van der Waals surface area (Å²) >= 11 is 11.9. The van der Waals surface area contributed by atoms with E-state index in [1.807, 2.05) is 18.7 Å². The Morgan fingerprint density at radius 3 is 2.88 bits per heavy atom. The Bertz CT molecular complexity index is 380. The molecule has 0 radical (unpaired) electrons. The number of aryl methyl sites for hydroxylation is 2. The highest BCUT2D eigenvalue weighted by Gasteiger charge is 2.28. The van der Waals surface area contributed by atoms with Crippen molar-refractivity contribution >= 4 is 39.3 Å². The summed E-state index contributed by atoms with van der Waals surface area (Å²) in [5.74, 6) is 2.85. The third-order valence-electron chi connectivity index (χ3n) is 3.03. The van der Waals surface area contributed by atoms with Gasteiger partial charge in [0.05, 0.1) is 15.9 Å². The van der Waals surface area contributed by atoms with Crippen LogP contribution in [0.2, 0.25) is 0 Å². The van der Waals surface area contributed by atoms with Gasteiger partial charge in [0.25, 0.3) is 0 Å². The third-order valence-corrected chi connectivity index (χ3v) is 6.01. The summed E-state index contributed by atoms with van der Waals surface area (Å²) in [5, 5.41) is 4.83. The largest absolute Gasteiger partial charge is 0.268 e. The maximum Gasteiger partial charge on any atom is 0.0738 e. The zero-order chi connectivity index (χ0) is 11.7. The second-order valence-electron chi connectivity index (χ2n) is 4.18. The van der Waals surface area contributed by atoms with E-state index in [9.17, 15) is 0 Å². The molecule has 2 heterocycles. The molecule has 5 heteroatoms. The first kappa shape index (κ1) is 12.8. The van der Waals surface area contributed by atoms with Crippen LogP contribution in [0.5, 0.6) is 0 Å². The lowest BCUT2D eigenvalue weighted by atomic mass is 10.0. The molecule has 0 N–H and O–H groups in total. The lowest BCUT2D eigenvalue weighted by Gasteiger charge is -2.13. The maximum atomic E-state index is 6.32. The van der Waals surface area contributed by atoms with Crippen LogP contribution in [0.25, 0.3) is 0 Å². The first-order valence-electron chi connectivity index (χ1n) is 5.57. The smallest absolute Gasteiger partial charge is 0.0738 e. The summed E-state index contributed by atoms with van der Waals surface area (Å²) in [7, 11) is 0. The van der Waals surface area contributed by atoms with Crippen LogP contribution in [0, 0.1) is 12.8 Å². The van der Waals surface area contributed by atoms with Gasteiger partial charge < -0.3 is 0 Å². The molecular weight excluding hydrogens is 308 g/mol. The predicted octanol–water partition coefficient (Wildman–Crippen LogP) is 3.49. The Labute approximate surface area is 114 Å². The van der Waals surface area contributed by atoms with Crippen molar-refractivity contribution in [1.82, 2.24) is 9.78 Å². The van der Waals surface area contributed by atoms with Gasteiger partial charge in [-0.3, -0.25) is 4.68 Å². The molecular formula is C11H16BrClN2S. The van der Waals surface area contributed by atoms with Gasteiger partial charge in [0.1, 0.15) is 0 Å². The Morgan fingerprint density at radius 2 is 2.31 bits per heavy atom. The van der Waals surface area contributed by atoms with Gasteiger partial charge in [0.15, 0.2) is 0 Å². The number of hydrogen-bond donors (Lipinski definition) is 0. The van der Waals surface area contributed by atoms with Crippen LogP contribution < -0.4 is 0 Å². The predicted molar refractivity (Wildman–Crippen MR) is 74.5 cm³/mol. The SMILES string of the molecule is CCn1nc(C)c(Br)c1CC1CSCC1Cl. The summed E-state index contributed by atoms with van der Waals surface area (Å²) in [6.45, 7) is 5.10. The zero-order valence-electron chi connectivity index (χ0n) is 9.54. The van der Waals surface area contributed by atoms with E-state index < -0.39 is 0 Å². The van der Waals surface area contributed by atoms with Crippen LogP contribution in [0.4, 0.5) is 0 Å². The average molecular weight is 324 g/mol. The standard InChI is InChI=1S/C11H16BrClN2S/c1-3-15-10(11(12)7(2)14-15)4-8-5-16-6-9(8)13/h8-9H,3-6H2,1-2H3. The van der Waals surface area contributed by atoms with E-state index >= 15 is 0 Å². The molecule has 1 aliphatic heterocycles. The number of thioether (sulfide) groups is 1. The number of alkyl halides is 1. The Kier molecular flexibility index (Phi) is 4.25. The molecule has 0 bridgehead atoms. The Balaban J connectivity index is 2.19. The fraction of sp³-hybridized carbons (Fsp3) is 0.727. The van der Waals surface area contributed by atoms with E-state index in [1.165, 1.54) is 11.4 Å². The van der Waals surface area contributed by atoms with Gasteiger partial charge in [-0.2, -0.15) is 16.9 Å². The molecule has 2 atom stereocenters. The van der Waals surface area contributed by atoms with Crippen molar-refractivity contribution in [1.29, 1.82) is 0 Å². The first-order chi connectivity index (χ1) is 7.63. The monoisotopic (exact) mass is 322 g/mol. The highest BCUT2D eigenvalue weighted by Crippen LogP contribution is 2.33. The molecule has 0 amide bonds. The molecule has 2 nitrogen and oxygen atoms in total. The lowest BCUT2D eigenvalue weighted by molar-refractivity contribution is 0.541. The van der Waals surface area contributed by atoms with Crippen molar-refractivity contribution in [2.75, 3.05) is 11.5 Å². The number of hydrogen-bond acceptors (Lipinski definition) is 2. The van der Waals surface area contributed by atoms with Crippen molar-refractivity contribution in [3.63, 3.8) is 0 Å². The van der Waals surface area contributed by atoms with Crippen molar-refractivity contribution in [3.8, 4) is 0 Å². The fourth-order valence-electron chi connectivity index (χ4n) is 2.07. The van der Waals surface area contributed by atoms with Crippen LogP contribution >= 0.6 is 39.3 Å². The second-order valence-corrected chi connectivity index (χ2v) is 6.61. The number of rotatable bonds is 3. The van der Waals surface area contributed by atoms with Gasteiger partial charge in [-0.15, -0.1) is 11.6 Å². The molecule has 0 spiro atoms. The number of nitrogens with zero attached hydrogens (tertiary/aromatic N) is 2. The topological polar surface area (TPSA) is 17.8 Å². The van der Waals surface area contributed by atoms with E-state index in [1.54, 1.807) is 0 Å². The van der Waals surface area contributed by atoms with E-state index in [0.29, 0.717) is 11.3 Å². The molecule has 90 valence electrons. The quantitative estimate of drug-likeness (QED) is 0.793. The van der Waals surface area contributed by atoms with Crippen LogP contribution in [0.1, 0.15) is 18.3 Å². The summed E-state index contributed by atoms with van der Waals surface area (Å²) in [5.41, 5.74) is 2.38. The van der Waals surface area contributed by atoms with Crippen molar-refractivity contribution in [2.24, 2.45) is 5.92 Å². The van der Waals surface area contributed by atoms with Crippen LogP contribution in [0.3, 0.4) is 0 Å². The average Bonchev–Trinajstić information content (AvgIpc) is 2.78. The fourth-order valence-corrected chi connectivity index (χ4v) is 4.35. The Hall–Kier alpha value is 0.330. The van der Waals surface area contributed by atoms with E-state index in [-0.39, 0.29) is 0 Å². The Morgan fingerprint density at radius 1 is 1.56 bits per heavy atom. The molecule has 2 rings (SSSR count). The van der Waals surface area contributed by atoms with E-state index in [4.69, 9.17) is 11.6 Å². The second kappa shape index (κ2) is 5.32. The normalized spacial score (nSPS) is 25.2. The van der Waals surface area contributed by atoms with Crippen molar-refractivity contribution < 1.29 is 0 Å². The van der Waals surface area contributed by atoms with Crippen LogP contribution in [-0.2, 0) is 13.0 Å². The number of aromatic nitrogens is 2. The molecule has 1 aromatic rings. The summed E-state index contributed by atoms with van der Waals surface area (Å²) < 4.78 is 3.25. The van der Waals surface area contributed by atoms with E-state index in [2.05, 4.69) is 32.6 Å². The first-order valence-corrected chi connectivity index (χ1v) is 7.95. The molecule has 1 aromatic heterocycles. The third kappa shape index (κ3) is 2.44. The lowest BCUT2D eigenvalue weighted by Crippen LogP contribution is -2.17. The molecule has 1 aliphatic rings. The minimum atomic E-state index is 0.317. The minimum absolute atomic E-state index is 0.317. The van der Waals surface area contributed by atoms with Gasteiger partial charge >= 0.3 is 0 Å². The van der Waals surface area contributed by atoms with Gasteiger partial charge in [0, 0.05) is 17.7 Å². The van der Waals surface area contributed by atoms with Gasteiger partial charge in [-0.25, -0.2) is 0 Å². The zero-order valence-corrected chi connectivity index (χ0v) is 12.7. The number of halogens is 2. The summed E-state index contributed by atoms with van der Waals surface area (Å²) in [6.07, 6.45) is 1.04. The molecule has 0 saturated carbocycles. The molecule has 2 unspecified atom stereocenters. The van der Waals surface area contributed by atoms with Gasteiger partial charge in [0.2, 0.25) is 0 Å². The minimum Gasteiger partial charge on any atom is -0.268 e. The van der Waals surface area contributed by atoms with Gasteiger partial charge in [-0.05, 0) is 47.9 Å². The van der Waals surface area contributed by atoms with E-state index in [0.717, 1.165) is 28.9 Å². The molecule has 0 aliphatic carbocycles. The molecule has 0 aromatic carbocycles.